The summed E-state index contributed by atoms with van der Waals surface area (Å²) in [5.74, 6) is 0.635. The molecule has 0 saturated carbocycles. The maximum absolute atomic E-state index is 13.2. The summed E-state index contributed by atoms with van der Waals surface area (Å²) in [6, 6.07) is 4.20. The van der Waals surface area contributed by atoms with E-state index in [1.165, 1.54) is 18.6 Å². The van der Waals surface area contributed by atoms with Crippen LogP contribution in [0.2, 0.25) is 0 Å². The van der Waals surface area contributed by atoms with Gasteiger partial charge < -0.3 is 10.5 Å². The number of hydrogen-bond donors (Lipinski definition) is 1. The summed E-state index contributed by atoms with van der Waals surface area (Å²) in [6.07, 6.45) is 13.7. The lowest BCUT2D eigenvalue weighted by atomic mass is 9.83. The van der Waals surface area contributed by atoms with Crippen LogP contribution < -0.4 is 5.73 Å². The third-order valence-electron chi connectivity index (χ3n) is 5.95. The van der Waals surface area contributed by atoms with Crippen LogP contribution in [-0.4, -0.2) is 18.9 Å². The van der Waals surface area contributed by atoms with E-state index in [1.807, 2.05) is 32.1 Å². The van der Waals surface area contributed by atoms with E-state index in [0.29, 0.717) is 22.9 Å². The van der Waals surface area contributed by atoms with Gasteiger partial charge in [-0.2, -0.15) is 13.2 Å². The third-order valence-corrected chi connectivity index (χ3v) is 5.95. The Kier molecular flexibility index (Phi) is 7.82. The van der Waals surface area contributed by atoms with Crippen LogP contribution in [0.4, 0.5) is 13.2 Å². The van der Waals surface area contributed by atoms with E-state index in [1.54, 1.807) is 12.1 Å². The highest BCUT2D eigenvalue weighted by molar-refractivity contribution is 6.07. The number of alkyl halides is 3. The van der Waals surface area contributed by atoms with Crippen LogP contribution in [0.3, 0.4) is 0 Å². The number of hydrogen-bond acceptors (Lipinski definition) is 3. The minimum Gasteiger partial charge on any atom is -0.398 e. The molecule has 180 valence electrons. The first kappa shape index (κ1) is 25.5. The largest absolute Gasteiger partial charge is 0.416 e. The van der Waals surface area contributed by atoms with Crippen LogP contribution in [0, 0.1) is 12.8 Å². The number of benzene rings is 1. The molecular weight excluding hydrogens is 437 g/mol. The number of rotatable bonds is 3. The zero-order valence-electron chi connectivity index (χ0n) is 20.0. The maximum Gasteiger partial charge on any atom is 0.416 e. The Labute approximate surface area is 199 Å². The minimum atomic E-state index is -4.39. The summed E-state index contributed by atoms with van der Waals surface area (Å²) in [6.45, 7) is 8.09. The third kappa shape index (κ3) is 5.68. The average molecular weight is 469 g/mol. The molecule has 1 aromatic rings. The molecule has 3 nitrogen and oxygen atoms in total. The van der Waals surface area contributed by atoms with Crippen LogP contribution in [0.1, 0.15) is 37.5 Å². The van der Waals surface area contributed by atoms with Gasteiger partial charge in [0.2, 0.25) is 0 Å². The van der Waals surface area contributed by atoms with Crippen LogP contribution in [-0.2, 0) is 16.5 Å². The van der Waals surface area contributed by atoms with Crippen molar-refractivity contribution in [1.82, 2.24) is 0 Å². The van der Waals surface area contributed by atoms with Gasteiger partial charge in [-0.3, -0.25) is 4.99 Å². The van der Waals surface area contributed by atoms with Crippen LogP contribution in [0.15, 0.2) is 94.7 Å². The molecular formula is C28H31F3N2O. The molecule has 1 unspecified atom stereocenters. The van der Waals surface area contributed by atoms with Gasteiger partial charge in [0.15, 0.2) is 0 Å². The first-order chi connectivity index (χ1) is 16.1. The summed E-state index contributed by atoms with van der Waals surface area (Å²) >= 11 is 0. The van der Waals surface area contributed by atoms with Crippen molar-refractivity contribution in [2.75, 3.05) is 13.2 Å². The SMILES string of the molecule is C/C=C\C1=CC(C)C=C1.CC=C1C=CC(=NC2(c3cccc(C(F)(F)F)c3C)COC2)C=C1N. The molecule has 1 heterocycles. The van der Waals surface area contributed by atoms with Crippen molar-refractivity contribution in [3.63, 3.8) is 0 Å². The van der Waals surface area contributed by atoms with Crippen LogP contribution >= 0.6 is 0 Å². The van der Waals surface area contributed by atoms with Crippen molar-refractivity contribution < 1.29 is 17.9 Å². The Morgan fingerprint density at radius 1 is 1.15 bits per heavy atom. The summed E-state index contributed by atoms with van der Waals surface area (Å²) in [5, 5.41) is 0. The van der Waals surface area contributed by atoms with Crippen LogP contribution in [0.5, 0.6) is 0 Å². The molecule has 4 rings (SSSR count). The van der Waals surface area contributed by atoms with Gasteiger partial charge in [-0.25, -0.2) is 0 Å². The second-order valence-corrected chi connectivity index (χ2v) is 8.60. The van der Waals surface area contributed by atoms with E-state index >= 15 is 0 Å². The molecule has 0 bridgehead atoms. The number of aliphatic imine (C=N–C) groups is 1. The fourth-order valence-corrected chi connectivity index (χ4v) is 4.15. The second-order valence-electron chi connectivity index (χ2n) is 8.60. The number of allylic oxidation sites excluding steroid dienone is 10. The van der Waals surface area contributed by atoms with Crippen molar-refractivity contribution in [3.8, 4) is 0 Å². The molecule has 34 heavy (non-hydrogen) atoms. The molecule has 1 aromatic carbocycles. The molecule has 0 spiro atoms. The predicted octanol–water partition coefficient (Wildman–Crippen LogP) is 6.73. The quantitative estimate of drug-likeness (QED) is 0.534. The van der Waals surface area contributed by atoms with E-state index in [2.05, 4.69) is 37.3 Å². The molecule has 0 radical (unpaired) electrons. The Bertz CT molecular complexity index is 1120. The van der Waals surface area contributed by atoms with E-state index in [-0.39, 0.29) is 18.8 Å². The molecule has 2 N–H and O–H groups in total. The van der Waals surface area contributed by atoms with E-state index < -0.39 is 17.3 Å². The standard InChI is InChI=1S/C19H19F3N2O.C9H12/c1-3-13-7-8-14(9-17(13)23)24-18(10-25-11-18)15-5-4-6-16(12(15)2)19(20,21)22;1-3-4-9-6-5-8(2)7-9/h3-9H,10-11,23H2,1-2H3;3-8H,1-2H3/b;4-3-. The van der Waals surface area contributed by atoms with Crippen LogP contribution in [0.25, 0.3) is 0 Å². The molecule has 0 aromatic heterocycles. The van der Waals surface area contributed by atoms with Crippen molar-refractivity contribution >= 4 is 5.71 Å². The van der Waals surface area contributed by atoms with Crippen molar-refractivity contribution in [1.29, 1.82) is 0 Å². The Morgan fingerprint density at radius 3 is 2.38 bits per heavy atom. The van der Waals surface area contributed by atoms with Gasteiger partial charge in [0, 0.05) is 5.70 Å². The predicted molar refractivity (Wildman–Crippen MR) is 132 cm³/mol. The van der Waals surface area contributed by atoms with E-state index in [0.717, 1.165) is 11.6 Å². The van der Waals surface area contributed by atoms with Gasteiger partial charge in [-0.15, -0.1) is 0 Å². The summed E-state index contributed by atoms with van der Waals surface area (Å²) < 4.78 is 45.0. The van der Waals surface area contributed by atoms with E-state index in [9.17, 15) is 13.2 Å². The number of nitrogens with two attached hydrogens (primary N) is 1. The van der Waals surface area contributed by atoms with Crippen molar-refractivity contribution in [2.45, 2.75) is 39.4 Å². The maximum atomic E-state index is 13.2. The van der Waals surface area contributed by atoms with Gasteiger partial charge >= 0.3 is 6.18 Å². The molecule has 1 atom stereocenters. The number of ether oxygens (including phenoxy) is 1. The van der Waals surface area contributed by atoms with E-state index in [4.69, 9.17) is 15.5 Å². The zero-order chi connectivity index (χ0) is 24.9. The lowest BCUT2D eigenvalue weighted by Crippen LogP contribution is -2.46. The number of nitrogens with zero attached hydrogens (tertiary/aromatic N) is 1. The Balaban J connectivity index is 0.000000302. The molecule has 6 heteroatoms. The molecule has 1 saturated heterocycles. The smallest absolute Gasteiger partial charge is 0.398 e. The fourth-order valence-electron chi connectivity index (χ4n) is 4.15. The highest BCUT2D eigenvalue weighted by Crippen LogP contribution is 2.41. The molecule has 1 aliphatic heterocycles. The fraction of sp³-hybridized carbons (Fsp3) is 0.321. The molecule has 3 aliphatic rings. The van der Waals surface area contributed by atoms with Gasteiger partial charge in [-0.1, -0.05) is 61.6 Å². The van der Waals surface area contributed by atoms with Gasteiger partial charge in [0.05, 0.1) is 24.5 Å². The topological polar surface area (TPSA) is 47.6 Å². The minimum absolute atomic E-state index is 0.188. The highest BCUT2D eigenvalue weighted by Gasteiger charge is 2.44. The lowest BCUT2D eigenvalue weighted by molar-refractivity contribution is -0.138. The summed E-state index contributed by atoms with van der Waals surface area (Å²) in [7, 11) is 0. The van der Waals surface area contributed by atoms with Gasteiger partial charge in [0.1, 0.15) is 5.54 Å². The van der Waals surface area contributed by atoms with Crippen molar-refractivity contribution in [3.05, 3.63) is 106 Å². The zero-order valence-corrected chi connectivity index (χ0v) is 20.0. The Morgan fingerprint density at radius 2 is 1.88 bits per heavy atom. The molecule has 2 aliphatic carbocycles. The first-order valence-corrected chi connectivity index (χ1v) is 11.3. The van der Waals surface area contributed by atoms with Crippen molar-refractivity contribution in [2.24, 2.45) is 16.6 Å². The van der Waals surface area contributed by atoms with Gasteiger partial charge in [-0.05, 0) is 67.2 Å². The van der Waals surface area contributed by atoms with Gasteiger partial charge in [0.25, 0.3) is 0 Å². The molecule has 0 amide bonds. The Hall–Kier alpha value is -3.12. The normalized spacial score (nSPS) is 23.6. The summed E-state index contributed by atoms with van der Waals surface area (Å²) in [5.41, 5.74) is 8.72. The lowest BCUT2D eigenvalue weighted by Gasteiger charge is -2.40. The second kappa shape index (κ2) is 10.4. The average Bonchev–Trinajstić information content (AvgIpc) is 3.16. The monoisotopic (exact) mass is 468 g/mol. The molecule has 1 fully saturated rings. The number of halogens is 3. The highest BCUT2D eigenvalue weighted by atomic mass is 19.4. The summed E-state index contributed by atoms with van der Waals surface area (Å²) in [4.78, 5) is 4.70. The first-order valence-electron chi connectivity index (χ1n) is 11.3.